The van der Waals surface area contributed by atoms with Gasteiger partial charge in [-0.3, -0.25) is 4.79 Å². The zero-order valence-electron chi connectivity index (χ0n) is 8.78. The second-order valence-corrected chi connectivity index (χ2v) is 4.39. The van der Waals surface area contributed by atoms with E-state index >= 15 is 0 Å². The summed E-state index contributed by atoms with van der Waals surface area (Å²) >= 11 is 1.56. The fourth-order valence-electron chi connectivity index (χ4n) is 1.27. The van der Waals surface area contributed by atoms with Crippen LogP contribution in [-0.4, -0.2) is 22.9 Å². The molecule has 0 unspecified atom stereocenters. The highest BCUT2D eigenvalue weighted by Crippen LogP contribution is 2.05. The average molecular weight is 214 g/mol. The highest BCUT2D eigenvalue weighted by atomic mass is 32.1. The monoisotopic (exact) mass is 214 g/mol. The van der Waals surface area contributed by atoms with Crippen molar-refractivity contribution in [3.63, 3.8) is 0 Å². The van der Waals surface area contributed by atoms with Crippen molar-refractivity contribution in [3.05, 3.63) is 16.6 Å². The molecule has 1 rings (SSSR count). The molecule has 0 bridgehead atoms. The largest absolute Gasteiger partial charge is 0.305 e. The molecule has 0 amide bonds. The molecule has 1 atom stereocenters. The summed E-state index contributed by atoms with van der Waals surface area (Å²) in [4.78, 5) is 15.5. The van der Waals surface area contributed by atoms with E-state index in [2.05, 4.69) is 10.3 Å². The third-order valence-corrected chi connectivity index (χ3v) is 2.56. The SMILES string of the molecule is CC(=O)[C@H](Cc1cscn1)NC(C)C.[HH]. The second-order valence-electron chi connectivity index (χ2n) is 3.67. The lowest BCUT2D eigenvalue weighted by molar-refractivity contribution is -0.119. The van der Waals surface area contributed by atoms with Crippen LogP contribution >= 0.6 is 11.3 Å². The summed E-state index contributed by atoms with van der Waals surface area (Å²) in [6, 6.07) is 0.222. The van der Waals surface area contributed by atoms with Crippen molar-refractivity contribution in [1.82, 2.24) is 10.3 Å². The molecule has 0 aromatic carbocycles. The highest BCUT2D eigenvalue weighted by Gasteiger charge is 2.16. The van der Waals surface area contributed by atoms with E-state index in [1.807, 2.05) is 19.2 Å². The van der Waals surface area contributed by atoms with Gasteiger partial charge in [0.2, 0.25) is 0 Å². The maximum Gasteiger partial charge on any atom is 0.147 e. The quantitative estimate of drug-likeness (QED) is 0.814. The van der Waals surface area contributed by atoms with Crippen molar-refractivity contribution in [2.45, 2.75) is 39.3 Å². The number of Topliss-reactive ketones (excluding diaryl/α,β-unsaturated/α-hetero) is 1. The van der Waals surface area contributed by atoms with Crippen LogP contribution in [0.25, 0.3) is 0 Å². The molecule has 3 nitrogen and oxygen atoms in total. The van der Waals surface area contributed by atoms with Crippen LogP contribution in [0, 0.1) is 0 Å². The van der Waals surface area contributed by atoms with E-state index in [0.29, 0.717) is 12.5 Å². The lowest BCUT2D eigenvalue weighted by Gasteiger charge is -2.17. The molecule has 0 spiro atoms. The molecule has 0 saturated heterocycles. The van der Waals surface area contributed by atoms with E-state index in [1.165, 1.54) is 0 Å². The van der Waals surface area contributed by atoms with Gasteiger partial charge in [0.1, 0.15) is 5.78 Å². The Morgan fingerprint density at radius 2 is 2.43 bits per heavy atom. The molecule has 80 valence electrons. The van der Waals surface area contributed by atoms with Gasteiger partial charge in [0.25, 0.3) is 0 Å². The van der Waals surface area contributed by atoms with Crippen molar-refractivity contribution in [2.24, 2.45) is 0 Å². The predicted molar refractivity (Wildman–Crippen MR) is 60.7 cm³/mol. The number of hydrogen-bond acceptors (Lipinski definition) is 4. The fraction of sp³-hybridized carbons (Fsp3) is 0.600. The summed E-state index contributed by atoms with van der Waals surface area (Å²) in [5.74, 6) is 0.173. The Hall–Kier alpha value is -0.740. The molecule has 0 aliphatic carbocycles. The first kappa shape index (κ1) is 11.3. The Kier molecular flexibility index (Phi) is 4.22. The molecule has 0 radical (unpaired) electrons. The Morgan fingerprint density at radius 1 is 1.71 bits per heavy atom. The molecule has 1 heterocycles. The van der Waals surface area contributed by atoms with Crippen molar-refractivity contribution < 1.29 is 6.22 Å². The van der Waals surface area contributed by atoms with Gasteiger partial charge >= 0.3 is 0 Å². The van der Waals surface area contributed by atoms with Crippen LogP contribution in [-0.2, 0) is 11.2 Å². The standard InChI is InChI=1S/C10H16N2OS.H2/c1-7(2)12-10(8(3)13)4-9-5-14-6-11-9;/h5-7,10,12H,4H2,1-3H3;1H/t10-;/m0./s1. The zero-order chi connectivity index (χ0) is 10.6. The van der Waals surface area contributed by atoms with Gasteiger partial charge in [-0.05, 0) is 6.92 Å². The van der Waals surface area contributed by atoms with Gasteiger partial charge in [0.15, 0.2) is 0 Å². The van der Waals surface area contributed by atoms with E-state index in [0.717, 1.165) is 5.69 Å². The molecule has 14 heavy (non-hydrogen) atoms. The van der Waals surface area contributed by atoms with E-state index in [-0.39, 0.29) is 13.3 Å². The highest BCUT2D eigenvalue weighted by molar-refractivity contribution is 7.07. The van der Waals surface area contributed by atoms with E-state index < -0.39 is 0 Å². The number of aromatic nitrogens is 1. The van der Waals surface area contributed by atoms with Crippen LogP contribution in [0.15, 0.2) is 10.9 Å². The molecule has 0 fully saturated rings. The summed E-state index contributed by atoms with van der Waals surface area (Å²) in [5, 5.41) is 5.22. The van der Waals surface area contributed by atoms with Crippen LogP contribution in [0.1, 0.15) is 27.9 Å². The van der Waals surface area contributed by atoms with E-state index in [4.69, 9.17) is 0 Å². The molecule has 0 aliphatic rings. The lowest BCUT2D eigenvalue weighted by Crippen LogP contribution is -2.41. The fourth-order valence-corrected chi connectivity index (χ4v) is 1.84. The average Bonchev–Trinajstić information content (AvgIpc) is 2.54. The summed E-state index contributed by atoms with van der Waals surface area (Å²) in [6.07, 6.45) is 0.691. The smallest absolute Gasteiger partial charge is 0.147 e. The molecule has 4 heteroatoms. The summed E-state index contributed by atoms with van der Waals surface area (Å²) < 4.78 is 0. The first-order valence-corrected chi connectivity index (χ1v) is 5.67. The molecule has 1 N–H and O–H groups in total. The molecule has 1 aromatic rings. The van der Waals surface area contributed by atoms with Crippen molar-refractivity contribution >= 4 is 17.1 Å². The summed E-state index contributed by atoms with van der Waals surface area (Å²) in [6.45, 7) is 5.69. The van der Waals surface area contributed by atoms with E-state index in [9.17, 15) is 4.79 Å². The van der Waals surface area contributed by atoms with Gasteiger partial charge in [-0.1, -0.05) is 13.8 Å². The number of carbonyl (C=O) groups excluding carboxylic acids is 1. The first-order chi connectivity index (χ1) is 6.59. The van der Waals surface area contributed by atoms with Crippen LogP contribution < -0.4 is 5.32 Å². The van der Waals surface area contributed by atoms with Crippen LogP contribution in [0.2, 0.25) is 0 Å². The number of nitrogens with one attached hydrogen (secondary N) is 1. The number of rotatable bonds is 5. The second kappa shape index (κ2) is 5.22. The Labute approximate surface area is 90.0 Å². The first-order valence-electron chi connectivity index (χ1n) is 4.73. The molecule has 1 aromatic heterocycles. The van der Waals surface area contributed by atoms with Gasteiger partial charge < -0.3 is 5.32 Å². The Bertz CT molecular complexity index is 288. The number of nitrogens with zero attached hydrogens (tertiary/aromatic N) is 1. The van der Waals surface area contributed by atoms with Gasteiger partial charge in [-0.15, -0.1) is 11.3 Å². The number of ketones is 1. The minimum Gasteiger partial charge on any atom is -0.305 e. The topological polar surface area (TPSA) is 42.0 Å². The maximum atomic E-state index is 11.3. The van der Waals surface area contributed by atoms with Crippen molar-refractivity contribution in [3.8, 4) is 0 Å². The minimum absolute atomic E-state index is 0. The Balaban J connectivity index is 0.00000196. The van der Waals surface area contributed by atoms with E-state index in [1.54, 1.807) is 23.8 Å². The van der Waals surface area contributed by atoms with Gasteiger partial charge in [0.05, 0.1) is 17.2 Å². The third-order valence-electron chi connectivity index (χ3n) is 1.92. The predicted octanol–water partition coefficient (Wildman–Crippen LogP) is 1.89. The normalized spacial score (nSPS) is 13.1. The maximum absolute atomic E-state index is 11.3. The van der Waals surface area contributed by atoms with Crippen LogP contribution in [0.5, 0.6) is 0 Å². The van der Waals surface area contributed by atoms with Crippen LogP contribution in [0.3, 0.4) is 0 Å². The third kappa shape index (κ3) is 3.55. The Morgan fingerprint density at radius 3 is 2.86 bits per heavy atom. The van der Waals surface area contributed by atoms with Crippen molar-refractivity contribution in [1.29, 1.82) is 0 Å². The summed E-state index contributed by atoms with van der Waals surface area (Å²) in [7, 11) is 0. The number of hydrogen-bond donors (Lipinski definition) is 1. The molecule has 0 aliphatic heterocycles. The molecular formula is C10H18N2OS. The molecular weight excluding hydrogens is 196 g/mol. The zero-order valence-corrected chi connectivity index (χ0v) is 9.60. The minimum atomic E-state index is -0.0999. The lowest BCUT2D eigenvalue weighted by atomic mass is 10.1. The van der Waals surface area contributed by atoms with Gasteiger partial charge in [-0.25, -0.2) is 4.98 Å². The number of carbonyl (C=O) groups is 1. The van der Waals surface area contributed by atoms with Crippen LogP contribution in [0.4, 0.5) is 0 Å². The molecule has 0 saturated carbocycles. The summed E-state index contributed by atoms with van der Waals surface area (Å²) in [5.41, 5.74) is 2.78. The van der Waals surface area contributed by atoms with Gasteiger partial charge in [-0.2, -0.15) is 0 Å². The van der Waals surface area contributed by atoms with Crippen molar-refractivity contribution in [2.75, 3.05) is 0 Å². The van der Waals surface area contributed by atoms with Gasteiger partial charge in [0, 0.05) is 19.3 Å². The number of thiazole rings is 1.